The van der Waals surface area contributed by atoms with E-state index in [4.69, 9.17) is 10.1 Å². The number of carbonyl (C=O) groups excluding carboxylic acids is 1. The molecule has 1 saturated heterocycles. The first-order valence-electron chi connectivity index (χ1n) is 11.7. The number of anilines is 1. The average molecular weight is 432 g/mol. The molecule has 1 aromatic carbocycles. The molecule has 5 rings (SSSR count). The lowest BCUT2D eigenvalue weighted by molar-refractivity contribution is 0.0748. The number of nitrogens with zero attached hydrogens (tertiary/aromatic N) is 5. The van der Waals surface area contributed by atoms with Crippen LogP contribution in [-0.2, 0) is 5.54 Å². The first-order valence-corrected chi connectivity index (χ1v) is 11.7. The zero-order valence-corrected chi connectivity index (χ0v) is 19.9. The van der Waals surface area contributed by atoms with Crippen molar-refractivity contribution in [2.24, 2.45) is 0 Å². The van der Waals surface area contributed by atoms with Crippen molar-refractivity contribution in [3.63, 3.8) is 0 Å². The maximum absolute atomic E-state index is 13.8. The highest BCUT2D eigenvalue weighted by Gasteiger charge is 2.32. The number of aryl methyl sites for hydroxylation is 2. The highest BCUT2D eigenvalue weighted by molar-refractivity contribution is 6.06. The molecule has 0 atom stereocenters. The molecule has 1 amide bonds. The minimum absolute atomic E-state index is 0.111. The fourth-order valence-electron chi connectivity index (χ4n) is 4.77. The fourth-order valence-corrected chi connectivity index (χ4v) is 4.77. The van der Waals surface area contributed by atoms with E-state index >= 15 is 0 Å². The molecule has 1 aliphatic heterocycles. The maximum Gasteiger partial charge on any atom is 0.254 e. The van der Waals surface area contributed by atoms with Crippen LogP contribution in [0.1, 0.15) is 66.8 Å². The van der Waals surface area contributed by atoms with Gasteiger partial charge in [-0.25, -0.2) is 9.67 Å². The van der Waals surface area contributed by atoms with Crippen molar-refractivity contribution in [2.45, 2.75) is 58.9 Å². The Morgan fingerprint density at radius 1 is 1.03 bits per heavy atom. The summed E-state index contributed by atoms with van der Waals surface area (Å²) in [5, 5.41) is 5.72. The predicted molar refractivity (Wildman–Crippen MR) is 129 cm³/mol. The normalized spacial score (nSPS) is 17.3. The first kappa shape index (κ1) is 21.0. The van der Waals surface area contributed by atoms with E-state index in [0.717, 1.165) is 67.0 Å². The number of rotatable bonds is 3. The molecule has 1 aliphatic carbocycles. The van der Waals surface area contributed by atoms with Crippen molar-refractivity contribution in [2.75, 3.05) is 31.1 Å². The van der Waals surface area contributed by atoms with Gasteiger partial charge in [0.1, 0.15) is 0 Å². The molecule has 1 saturated carbocycles. The van der Waals surface area contributed by atoms with Crippen LogP contribution in [0.25, 0.3) is 11.0 Å². The van der Waals surface area contributed by atoms with E-state index in [0.29, 0.717) is 5.92 Å². The van der Waals surface area contributed by atoms with Gasteiger partial charge in [0.15, 0.2) is 5.65 Å². The lowest BCUT2D eigenvalue weighted by Gasteiger charge is -2.37. The smallest absolute Gasteiger partial charge is 0.254 e. The number of pyridine rings is 1. The van der Waals surface area contributed by atoms with Gasteiger partial charge >= 0.3 is 0 Å². The Morgan fingerprint density at radius 3 is 2.34 bits per heavy atom. The zero-order chi connectivity index (χ0) is 22.6. The molecule has 32 heavy (non-hydrogen) atoms. The highest BCUT2D eigenvalue weighted by atomic mass is 16.2. The summed E-state index contributed by atoms with van der Waals surface area (Å²) in [7, 11) is 0. The number of carbonyl (C=O) groups is 1. The Balaban J connectivity index is 1.47. The van der Waals surface area contributed by atoms with Gasteiger partial charge in [0.25, 0.3) is 5.91 Å². The number of aromatic nitrogens is 3. The third-order valence-corrected chi connectivity index (χ3v) is 6.72. The SMILES string of the molecule is Cc1ccccc1N1CCN(C(=O)c2cc(C3CC3)nc3c2c(C)nn3C(C)(C)C)CC1. The standard InChI is InChI=1S/C26H33N5O/c1-17-8-6-7-9-22(17)29-12-14-30(15-13-29)25(32)20-16-21(19-10-11-19)27-24-23(20)18(2)28-31(24)26(3,4)5/h6-9,16,19H,10-15H2,1-5H3. The first-order chi connectivity index (χ1) is 15.2. The lowest BCUT2D eigenvalue weighted by Crippen LogP contribution is -2.49. The largest absolute Gasteiger partial charge is 0.368 e. The Bertz CT molecular complexity index is 1180. The van der Waals surface area contributed by atoms with Crippen LogP contribution in [0.15, 0.2) is 30.3 Å². The topological polar surface area (TPSA) is 54.3 Å². The molecular weight excluding hydrogens is 398 g/mol. The average Bonchev–Trinajstić information content (AvgIpc) is 3.56. The summed E-state index contributed by atoms with van der Waals surface area (Å²) in [6, 6.07) is 10.5. The summed E-state index contributed by atoms with van der Waals surface area (Å²) < 4.78 is 2.00. The van der Waals surface area contributed by atoms with Crippen molar-refractivity contribution in [1.29, 1.82) is 0 Å². The molecule has 6 heteroatoms. The Morgan fingerprint density at radius 2 is 1.72 bits per heavy atom. The van der Waals surface area contributed by atoms with Gasteiger partial charge in [-0.1, -0.05) is 18.2 Å². The number of hydrogen-bond acceptors (Lipinski definition) is 4. The van der Waals surface area contributed by atoms with Gasteiger partial charge < -0.3 is 9.80 Å². The second-order valence-electron chi connectivity index (χ2n) is 10.3. The molecule has 2 aromatic heterocycles. The molecule has 0 N–H and O–H groups in total. The quantitative estimate of drug-likeness (QED) is 0.606. The molecule has 0 bridgehead atoms. The van der Waals surface area contributed by atoms with Crippen LogP contribution in [0.5, 0.6) is 0 Å². The maximum atomic E-state index is 13.8. The van der Waals surface area contributed by atoms with Gasteiger partial charge in [0.05, 0.1) is 22.2 Å². The number of fused-ring (bicyclic) bond motifs is 1. The molecule has 2 fully saturated rings. The second-order valence-corrected chi connectivity index (χ2v) is 10.3. The molecular formula is C26H33N5O. The fraction of sp³-hybridized carbons (Fsp3) is 0.500. The van der Waals surface area contributed by atoms with E-state index in [1.807, 2.05) is 16.5 Å². The molecule has 0 unspecified atom stereocenters. The van der Waals surface area contributed by atoms with E-state index in [9.17, 15) is 4.79 Å². The minimum atomic E-state index is -0.193. The molecule has 6 nitrogen and oxygen atoms in total. The lowest BCUT2D eigenvalue weighted by atomic mass is 10.0. The monoisotopic (exact) mass is 431 g/mol. The van der Waals surface area contributed by atoms with E-state index in [1.54, 1.807) is 0 Å². The molecule has 2 aliphatic rings. The summed E-state index contributed by atoms with van der Waals surface area (Å²) in [4.78, 5) is 23.2. The molecule has 3 heterocycles. The number of para-hydroxylation sites is 1. The Labute approximate surface area is 190 Å². The molecule has 3 aromatic rings. The van der Waals surface area contributed by atoms with Crippen LogP contribution in [0.4, 0.5) is 5.69 Å². The summed E-state index contributed by atoms with van der Waals surface area (Å²) >= 11 is 0. The molecule has 168 valence electrons. The summed E-state index contributed by atoms with van der Waals surface area (Å²) in [6.45, 7) is 13.7. The van der Waals surface area contributed by atoms with Gasteiger partial charge in [-0.15, -0.1) is 0 Å². The summed E-state index contributed by atoms with van der Waals surface area (Å²) in [6.07, 6.45) is 2.31. The Kier molecular flexibility index (Phi) is 4.99. The van der Waals surface area contributed by atoms with Gasteiger partial charge in [-0.05, 0) is 65.2 Å². The number of hydrogen-bond donors (Lipinski definition) is 0. The van der Waals surface area contributed by atoms with Crippen molar-refractivity contribution in [3.05, 3.63) is 52.8 Å². The van der Waals surface area contributed by atoms with Crippen LogP contribution in [0.2, 0.25) is 0 Å². The Hall–Kier alpha value is -2.89. The molecule has 0 spiro atoms. The van der Waals surface area contributed by atoms with Crippen LogP contribution >= 0.6 is 0 Å². The van der Waals surface area contributed by atoms with Crippen molar-refractivity contribution >= 4 is 22.6 Å². The number of piperazine rings is 1. The summed E-state index contributed by atoms with van der Waals surface area (Å²) in [5.74, 6) is 0.591. The van der Waals surface area contributed by atoms with Crippen molar-refractivity contribution < 1.29 is 4.79 Å². The van der Waals surface area contributed by atoms with E-state index in [2.05, 4.69) is 62.9 Å². The predicted octanol–water partition coefficient (Wildman–Crippen LogP) is 4.64. The number of benzene rings is 1. The van der Waals surface area contributed by atoms with Crippen LogP contribution in [0, 0.1) is 13.8 Å². The van der Waals surface area contributed by atoms with Gasteiger partial charge in [-0.2, -0.15) is 5.10 Å². The number of amides is 1. The van der Waals surface area contributed by atoms with Gasteiger partial charge in [-0.3, -0.25) is 4.79 Å². The highest BCUT2D eigenvalue weighted by Crippen LogP contribution is 2.41. The third kappa shape index (κ3) is 3.65. The van der Waals surface area contributed by atoms with E-state index < -0.39 is 0 Å². The van der Waals surface area contributed by atoms with Crippen molar-refractivity contribution in [3.8, 4) is 0 Å². The third-order valence-electron chi connectivity index (χ3n) is 6.72. The van der Waals surface area contributed by atoms with E-state index in [1.165, 1.54) is 11.3 Å². The summed E-state index contributed by atoms with van der Waals surface area (Å²) in [5.41, 5.74) is 5.90. The van der Waals surface area contributed by atoms with Crippen LogP contribution < -0.4 is 4.90 Å². The minimum Gasteiger partial charge on any atom is -0.368 e. The van der Waals surface area contributed by atoms with Gasteiger partial charge in [0, 0.05) is 43.5 Å². The molecule has 0 radical (unpaired) electrons. The van der Waals surface area contributed by atoms with E-state index in [-0.39, 0.29) is 11.4 Å². The van der Waals surface area contributed by atoms with Gasteiger partial charge in [0.2, 0.25) is 0 Å². The van der Waals surface area contributed by atoms with Crippen LogP contribution in [0.3, 0.4) is 0 Å². The second kappa shape index (κ2) is 7.61. The zero-order valence-electron chi connectivity index (χ0n) is 19.9. The van der Waals surface area contributed by atoms with Crippen LogP contribution in [-0.4, -0.2) is 51.8 Å². The van der Waals surface area contributed by atoms with Crippen molar-refractivity contribution in [1.82, 2.24) is 19.7 Å².